The molecule has 0 spiro atoms. The summed E-state index contributed by atoms with van der Waals surface area (Å²) in [5, 5.41) is 2.53. The van der Waals surface area contributed by atoms with Gasteiger partial charge in [-0.1, -0.05) is 36.4 Å². The van der Waals surface area contributed by atoms with Crippen LogP contribution in [0, 0.1) is 0 Å². The largest absolute Gasteiger partial charge is 0.426 e. The molecule has 4 aromatic rings. The summed E-state index contributed by atoms with van der Waals surface area (Å²) in [6.45, 7) is 1.35. The van der Waals surface area contributed by atoms with Crippen LogP contribution in [0.3, 0.4) is 0 Å². The van der Waals surface area contributed by atoms with E-state index < -0.39 is 6.09 Å². The Morgan fingerprint density at radius 1 is 1.03 bits per heavy atom. The van der Waals surface area contributed by atoms with Gasteiger partial charge in [0.05, 0.1) is 17.7 Å². The molecule has 0 aliphatic heterocycles. The van der Waals surface area contributed by atoms with Gasteiger partial charge in [0.2, 0.25) is 0 Å². The Hall–Kier alpha value is -4.27. The summed E-state index contributed by atoms with van der Waals surface area (Å²) in [5.41, 5.74) is 1.97. The summed E-state index contributed by atoms with van der Waals surface area (Å²) in [5.74, 6) is -0.125. The standard InChI is InChI=1S/C20H16N6O3/c1-13(27)23-19-24-17-16(21-12-22-17)18(25-19)29-20(28)26(14-8-4-2-5-9-14)15-10-6-3-7-11-15/h2-12H,1H3,(H2,21,22,23,24,25,27)/p+1. The number of benzene rings is 2. The van der Waals surface area contributed by atoms with Crippen molar-refractivity contribution >= 4 is 40.5 Å². The topological polar surface area (TPSA) is 114 Å². The van der Waals surface area contributed by atoms with Gasteiger partial charge in [-0.15, -0.1) is 0 Å². The first kappa shape index (κ1) is 18.1. The number of hydrogen-bond acceptors (Lipinski definition) is 5. The molecule has 0 fully saturated rings. The van der Waals surface area contributed by atoms with E-state index in [2.05, 4.69) is 25.3 Å². The maximum atomic E-state index is 13.2. The quantitative estimate of drug-likeness (QED) is 0.557. The molecule has 0 unspecified atom stereocenters. The maximum Gasteiger partial charge on any atom is 0.426 e. The Kier molecular flexibility index (Phi) is 4.85. The van der Waals surface area contributed by atoms with Crippen molar-refractivity contribution in [3.05, 3.63) is 67.0 Å². The number of carbonyl (C=O) groups is 2. The van der Waals surface area contributed by atoms with Crippen molar-refractivity contribution in [2.75, 3.05) is 10.2 Å². The fourth-order valence-corrected chi connectivity index (χ4v) is 2.79. The van der Waals surface area contributed by atoms with Gasteiger partial charge in [-0.05, 0) is 29.2 Å². The van der Waals surface area contributed by atoms with Crippen LogP contribution in [0.15, 0.2) is 67.0 Å². The SMILES string of the molecule is CC(=O)Nc1nc2nc[nH]c2c(OC(=O)N(c2ccccc2)c2ccccc2)[nH+]1. The monoisotopic (exact) mass is 389 g/mol. The van der Waals surface area contributed by atoms with Crippen LogP contribution in [0.2, 0.25) is 0 Å². The minimum absolute atomic E-state index is 0.0816. The number of hydrogen-bond donors (Lipinski definition) is 2. The predicted octanol–water partition coefficient (Wildman–Crippen LogP) is 3.07. The fraction of sp³-hybridized carbons (Fsp3) is 0.0500. The van der Waals surface area contributed by atoms with Crippen LogP contribution in [-0.4, -0.2) is 27.0 Å². The van der Waals surface area contributed by atoms with E-state index in [9.17, 15) is 9.59 Å². The zero-order chi connectivity index (χ0) is 20.2. The van der Waals surface area contributed by atoms with Crippen molar-refractivity contribution in [2.45, 2.75) is 6.92 Å². The Morgan fingerprint density at radius 3 is 2.24 bits per heavy atom. The third kappa shape index (κ3) is 3.88. The first-order valence-electron chi connectivity index (χ1n) is 8.78. The number of rotatable bonds is 4. The maximum absolute atomic E-state index is 13.2. The van der Waals surface area contributed by atoms with Crippen LogP contribution in [0.25, 0.3) is 11.2 Å². The third-order valence-corrected chi connectivity index (χ3v) is 3.99. The molecule has 2 aromatic carbocycles. The Labute approximate surface area is 165 Å². The van der Waals surface area contributed by atoms with Crippen LogP contribution in [0.4, 0.5) is 22.1 Å². The van der Waals surface area contributed by atoms with E-state index in [-0.39, 0.29) is 17.7 Å². The highest BCUT2D eigenvalue weighted by Crippen LogP contribution is 2.27. The van der Waals surface area contributed by atoms with Crippen molar-refractivity contribution in [3.8, 4) is 5.88 Å². The average molecular weight is 389 g/mol. The first-order valence-corrected chi connectivity index (χ1v) is 8.78. The molecule has 3 N–H and O–H groups in total. The van der Waals surface area contributed by atoms with Crippen LogP contribution >= 0.6 is 0 Å². The number of ether oxygens (including phenoxy) is 1. The van der Waals surface area contributed by atoms with Crippen molar-refractivity contribution in [1.82, 2.24) is 15.0 Å². The summed E-state index contributed by atoms with van der Waals surface area (Å²) >= 11 is 0. The van der Waals surface area contributed by atoms with E-state index in [1.807, 2.05) is 36.4 Å². The second-order valence-corrected chi connectivity index (χ2v) is 6.07. The predicted molar refractivity (Wildman–Crippen MR) is 106 cm³/mol. The number of H-pyrrole nitrogens is 2. The van der Waals surface area contributed by atoms with E-state index in [1.54, 1.807) is 24.3 Å². The van der Waals surface area contributed by atoms with Crippen LogP contribution < -0.4 is 19.9 Å². The molecule has 2 aromatic heterocycles. The number of fused-ring (bicyclic) bond motifs is 1. The number of amides is 2. The lowest BCUT2D eigenvalue weighted by atomic mass is 10.2. The third-order valence-electron chi connectivity index (χ3n) is 3.99. The van der Waals surface area contributed by atoms with Gasteiger partial charge in [0, 0.05) is 6.92 Å². The van der Waals surface area contributed by atoms with Crippen LogP contribution in [0.5, 0.6) is 5.88 Å². The molecule has 9 heteroatoms. The summed E-state index contributed by atoms with van der Waals surface area (Å²) in [6.07, 6.45) is 0.779. The molecule has 0 saturated heterocycles. The lowest BCUT2D eigenvalue weighted by molar-refractivity contribution is -0.375. The number of aromatic nitrogens is 4. The normalized spacial score (nSPS) is 10.5. The van der Waals surface area contributed by atoms with Crippen molar-refractivity contribution in [1.29, 1.82) is 0 Å². The number of anilines is 3. The van der Waals surface area contributed by atoms with E-state index in [4.69, 9.17) is 4.74 Å². The zero-order valence-electron chi connectivity index (χ0n) is 15.4. The minimum atomic E-state index is -0.644. The number of para-hydroxylation sites is 2. The number of carbonyl (C=O) groups excluding carboxylic acids is 2. The molecular weight excluding hydrogens is 372 g/mol. The molecule has 0 bridgehead atoms. The van der Waals surface area contributed by atoms with Crippen molar-refractivity contribution in [3.63, 3.8) is 0 Å². The number of imidazole rings is 1. The van der Waals surface area contributed by atoms with Gasteiger partial charge in [-0.25, -0.2) is 25.0 Å². The highest BCUT2D eigenvalue weighted by Gasteiger charge is 2.25. The van der Waals surface area contributed by atoms with Gasteiger partial charge in [0.1, 0.15) is 0 Å². The van der Waals surface area contributed by atoms with Gasteiger partial charge in [-0.3, -0.25) is 4.79 Å². The summed E-state index contributed by atoms with van der Waals surface area (Å²) in [7, 11) is 0. The van der Waals surface area contributed by atoms with Gasteiger partial charge < -0.3 is 9.72 Å². The average Bonchev–Trinajstić information content (AvgIpc) is 3.18. The van der Waals surface area contributed by atoms with Crippen LogP contribution in [-0.2, 0) is 4.79 Å². The van der Waals surface area contributed by atoms with E-state index in [0.717, 1.165) is 0 Å². The molecule has 2 amide bonds. The molecule has 0 atom stereocenters. The highest BCUT2D eigenvalue weighted by molar-refractivity contribution is 5.97. The van der Waals surface area contributed by atoms with E-state index >= 15 is 0 Å². The molecule has 0 aliphatic rings. The molecule has 4 rings (SSSR count). The Morgan fingerprint density at radius 2 is 1.66 bits per heavy atom. The minimum Gasteiger partial charge on any atom is -0.377 e. The van der Waals surface area contributed by atoms with E-state index in [0.29, 0.717) is 22.5 Å². The van der Waals surface area contributed by atoms with E-state index in [1.165, 1.54) is 18.2 Å². The Balaban J connectivity index is 1.73. The molecule has 0 aliphatic carbocycles. The van der Waals surface area contributed by atoms with Crippen molar-refractivity contribution in [2.24, 2.45) is 0 Å². The summed E-state index contributed by atoms with van der Waals surface area (Å²) in [6, 6.07) is 18.3. The van der Waals surface area contributed by atoms with Gasteiger partial charge in [0.25, 0.3) is 17.4 Å². The molecular formula is C20H17N6O3+. The molecule has 2 heterocycles. The molecule has 0 radical (unpaired) electrons. The Bertz CT molecular complexity index is 1120. The van der Waals surface area contributed by atoms with Crippen LogP contribution in [0.1, 0.15) is 6.92 Å². The smallest absolute Gasteiger partial charge is 0.377 e. The van der Waals surface area contributed by atoms with Gasteiger partial charge in [-0.2, -0.15) is 0 Å². The second kappa shape index (κ2) is 7.77. The lowest BCUT2D eigenvalue weighted by Gasteiger charge is -2.21. The summed E-state index contributed by atoms with van der Waals surface area (Å²) in [4.78, 5) is 39.9. The molecule has 144 valence electrons. The second-order valence-electron chi connectivity index (χ2n) is 6.07. The summed E-state index contributed by atoms with van der Waals surface area (Å²) < 4.78 is 5.65. The van der Waals surface area contributed by atoms with Gasteiger partial charge in [0.15, 0.2) is 5.52 Å². The number of aromatic amines is 2. The zero-order valence-corrected chi connectivity index (χ0v) is 15.4. The first-order chi connectivity index (χ1) is 14.1. The highest BCUT2D eigenvalue weighted by atomic mass is 16.6. The fourth-order valence-electron chi connectivity index (χ4n) is 2.79. The van der Waals surface area contributed by atoms with Gasteiger partial charge >= 0.3 is 12.0 Å². The lowest BCUT2D eigenvalue weighted by Crippen LogP contribution is -2.32. The molecule has 0 saturated carbocycles. The number of nitrogens with one attached hydrogen (secondary N) is 3. The number of nitrogens with zero attached hydrogens (tertiary/aromatic N) is 3. The molecule has 29 heavy (non-hydrogen) atoms. The molecule has 9 nitrogen and oxygen atoms in total. The van der Waals surface area contributed by atoms with Crippen molar-refractivity contribution < 1.29 is 19.3 Å².